The first-order valence-electron chi connectivity index (χ1n) is 6.45. The highest BCUT2D eigenvalue weighted by Gasteiger charge is 2.29. The molecule has 0 spiro atoms. The van der Waals surface area contributed by atoms with E-state index >= 15 is 0 Å². The summed E-state index contributed by atoms with van der Waals surface area (Å²) in [5.74, 6) is -0.209. The van der Waals surface area contributed by atoms with Gasteiger partial charge in [-0.1, -0.05) is 6.07 Å². The molecule has 20 heavy (non-hydrogen) atoms. The molecule has 0 aliphatic carbocycles. The van der Waals surface area contributed by atoms with Gasteiger partial charge in [0.05, 0.1) is 6.04 Å². The second-order valence-electron chi connectivity index (χ2n) is 4.87. The van der Waals surface area contributed by atoms with Crippen molar-refractivity contribution < 1.29 is 13.2 Å². The Morgan fingerprint density at radius 2 is 2.35 bits per heavy atom. The van der Waals surface area contributed by atoms with E-state index in [-0.39, 0.29) is 16.2 Å². The molecule has 1 aliphatic rings. The van der Waals surface area contributed by atoms with Gasteiger partial charge in [0.25, 0.3) is 10.0 Å². The van der Waals surface area contributed by atoms with Crippen molar-refractivity contribution in [2.24, 2.45) is 0 Å². The fraction of sp³-hybridized carbons (Fsp3) is 0.583. The fourth-order valence-electron chi connectivity index (χ4n) is 2.21. The summed E-state index contributed by atoms with van der Waals surface area (Å²) >= 11 is 1.13. The number of hydrogen-bond acceptors (Lipinski definition) is 5. The van der Waals surface area contributed by atoms with Gasteiger partial charge in [-0.15, -0.1) is 11.3 Å². The van der Waals surface area contributed by atoms with Gasteiger partial charge in [-0.05, 0) is 31.3 Å². The van der Waals surface area contributed by atoms with Gasteiger partial charge in [-0.3, -0.25) is 4.79 Å². The van der Waals surface area contributed by atoms with Gasteiger partial charge in [0.1, 0.15) is 4.21 Å². The molecule has 0 aromatic carbocycles. The maximum atomic E-state index is 12.3. The molecule has 6 nitrogen and oxygen atoms in total. The molecule has 2 atom stereocenters. The zero-order valence-electron chi connectivity index (χ0n) is 11.5. The highest BCUT2D eigenvalue weighted by atomic mass is 32.2. The highest BCUT2D eigenvalue weighted by molar-refractivity contribution is 7.91. The molecule has 1 aliphatic heterocycles. The molecule has 0 bridgehead atoms. The van der Waals surface area contributed by atoms with E-state index in [9.17, 15) is 13.2 Å². The standard InChI is InChI=1S/C12H19N3O3S2/c1-9(12(16)15(2)10-5-6-13-8-10)14-20(17,18)11-4-3-7-19-11/h3-4,7,9-10,13-14H,5-6,8H2,1-2H3. The molecule has 1 fully saturated rings. The Labute approximate surface area is 123 Å². The Morgan fingerprint density at radius 3 is 2.90 bits per heavy atom. The van der Waals surface area contributed by atoms with Gasteiger partial charge in [0.2, 0.25) is 5.91 Å². The molecular weight excluding hydrogens is 298 g/mol. The van der Waals surface area contributed by atoms with Crippen molar-refractivity contribution in [1.29, 1.82) is 0 Å². The minimum atomic E-state index is -3.61. The number of nitrogens with one attached hydrogen (secondary N) is 2. The molecule has 112 valence electrons. The first-order chi connectivity index (χ1) is 9.42. The molecule has 0 radical (unpaired) electrons. The number of sulfonamides is 1. The lowest BCUT2D eigenvalue weighted by molar-refractivity contribution is -0.133. The van der Waals surface area contributed by atoms with Crippen LogP contribution in [0.2, 0.25) is 0 Å². The third-order valence-corrected chi connectivity index (χ3v) is 6.33. The zero-order valence-corrected chi connectivity index (χ0v) is 13.1. The first-order valence-corrected chi connectivity index (χ1v) is 8.81. The molecule has 8 heteroatoms. The number of thiophene rings is 1. The van der Waals surface area contributed by atoms with E-state index in [1.807, 2.05) is 0 Å². The number of hydrogen-bond donors (Lipinski definition) is 2. The summed E-state index contributed by atoms with van der Waals surface area (Å²) in [6.45, 7) is 3.22. The minimum absolute atomic E-state index is 0.135. The average molecular weight is 317 g/mol. The van der Waals surface area contributed by atoms with E-state index in [1.165, 1.54) is 6.07 Å². The van der Waals surface area contributed by atoms with Crippen molar-refractivity contribution >= 4 is 27.3 Å². The van der Waals surface area contributed by atoms with Gasteiger partial charge >= 0.3 is 0 Å². The molecule has 1 aromatic rings. The van der Waals surface area contributed by atoms with E-state index in [0.29, 0.717) is 0 Å². The van der Waals surface area contributed by atoms with Crippen LogP contribution >= 0.6 is 11.3 Å². The lowest BCUT2D eigenvalue weighted by Crippen LogP contribution is -2.49. The molecule has 1 saturated heterocycles. The normalized spacial score (nSPS) is 20.8. The quantitative estimate of drug-likeness (QED) is 0.815. The van der Waals surface area contributed by atoms with Crippen molar-refractivity contribution in [2.45, 2.75) is 29.6 Å². The van der Waals surface area contributed by atoms with E-state index in [4.69, 9.17) is 0 Å². The number of carbonyl (C=O) groups is 1. The maximum Gasteiger partial charge on any atom is 0.250 e. The molecular formula is C12H19N3O3S2. The van der Waals surface area contributed by atoms with Crippen LogP contribution in [0, 0.1) is 0 Å². The molecule has 1 amide bonds. The van der Waals surface area contributed by atoms with Crippen LogP contribution in [0.1, 0.15) is 13.3 Å². The van der Waals surface area contributed by atoms with Gasteiger partial charge < -0.3 is 10.2 Å². The molecule has 2 heterocycles. The topological polar surface area (TPSA) is 78.5 Å². The van der Waals surface area contributed by atoms with Gasteiger partial charge in [0.15, 0.2) is 0 Å². The molecule has 2 unspecified atom stereocenters. The molecule has 2 N–H and O–H groups in total. The van der Waals surface area contributed by atoms with Crippen molar-refractivity contribution in [3.63, 3.8) is 0 Å². The Bertz CT molecular complexity index is 551. The van der Waals surface area contributed by atoms with Crippen LogP contribution in [0.4, 0.5) is 0 Å². The van der Waals surface area contributed by atoms with Crippen molar-refractivity contribution in [3.05, 3.63) is 17.5 Å². The van der Waals surface area contributed by atoms with Crippen LogP contribution in [0.25, 0.3) is 0 Å². The van der Waals surface area contributed by atoms with Crippen LogP contribution in [-0.4, -0.2) is 51.4 Å². The van der Waals surface area contributed by atoms with E-state index < -0.39 is 16.1 Å². The summed E-state index contributed by atoms with van der Waals surface area (Å²) < 4.78 is 26.8. The third kappa shape index (κ3) is 3.38. The monoisotopic (exact) mass is 317 g/mol. The fourth-order valence-corrected chi connectivity index (χ4v) is 4.42. The average Bonchev–Trinajstić information content (AvgIpc) is 3.08. The van der Waals surface area contributed by atoms with E-state index in [2.05, 4.69) is 10.0 Å². The predicted molar refractivity (Wildman–Crippen MR) is 78.1 cm³/mol. The van der Waals surface area contributed by atoms with Crippen molar-refractivity contribution in [1.82, 2.24) is 14.9 Å². The Balaban J connectivity index is 2.00. The van der Waals surface area contributed by atoms with Crippen molar-refractivity contribution in [2.75, 3.05) is 20.1 Å². The Hall–Kier alpha value is -0.960. The number of rotatable bonds is 5. The smallest absolute Gasteiger partial charge is 0.250 e. The SMILES string of the molecule is CC(NS(=O)(=O)c1cccs1)C(=O)N(C)C1CCNC1. The number of carbonyl (C=O) groups excluding carboxylic acids is 1. The van der Waals surface area contributed by atoms with Gasteiger partial charge in [-0.2, -0.15) is 4.72 Å². The number of amides is 1. The van der Waals surface area contributed by atoms with Crippen molar-refractivity contribution in [3.8, 4) is 0 Å². The first kappa shape index (κ1) is 15.4. The largest absolute Gasteiger partial charge is 0.340 e. The summed E-state index contributed by atoms with van der Waals surface area (Å²) in [7, 11) is -1.89. The second-order valence-corrected chi connectivity index (χ2v) is 7.76. The molecule has 0 saturated carbocycles. The summed E-state index contributed by atoms with van der Waals surface area (Å²) in [5, 5.41) is 4.88. The summed E-state index contributed by atoms with van der Waals surface area (Å²) in [4.78, 5) is 13.9. The third-order valence-electron chi connectivity index (χ3n) is 3.39. The number of likely N-dealkylation sites (N-methyl/N-ethyl adjacent to an activating group) is 1. The lowest BCUT2D eigenvalue weighted by Gasteiger charge is -2.27. The Kier molecular flexibility index (Phi) is 4.79. The lowest BCUT2D eigenvalue weighted by atomic mass is 10.2. The maximum absolute atomic E-state index is 12.3. The predicted octanol–water partition coefficient (Wildman–Crippen LogP) is 0.235. The van der Waals surface area contributed by atoms with E-state index in [0.717, 1.165) is 30.8 Å². The molecule has 1 aromatic heterocycles. The Morgan fingerprint density at radius 1 is 1.60 bits per heavy atom. The van der Waals surface area contributed by atoms with Crippen LogP contribution in [0.3, 0.4) is 0 Å². The number of nitrogens with zero attached hydrogens (tertiary/aromatic N) is 1. The van der Waals surface area contributed by atoms with Gasteiger partial charge in [-0.25, -0.2) is 8.42 Å². The van der Waals surface area contributed by atoms with Crippen LogP contribution in [-0.2, 0) is 14.8 Å². The van der Waals surface area contributed by atoms with Crippen LogP contribution in [0.15, 0.2) is 21.7 Å². The van der Waals surface area contributed by atoms with Crippen LogP contribution < -0.4 is 10.0 Å². The zero-order chi connectivity index (χ0) is 14.8. The molecule has 2 rings (SSSR count). The minimum Gasteiger partial charge on any atom is -0.340 e. The second kappa shape index (κ2) is 6.21. The summed E-state index contributed by atoms with van der Waals surface area (Å²) in [5.41, 5.74) is 0. The summed E-state index contributed by atoms with van der Waals surface area (Å²) in [6, 6.07) is 2.56. The highest BCUT2D eigenvalue weighted by Crippen LogP contribution is 2.16. The van der Waals surface area contributed by atoms with Gasteiger partial charge in [0, 0.05) is 19.6 Å². The van der Waals surface area contributed by atoms with Crippen LogP contribution in [0.5, 0.6) is 0 Å². The summed E-state index contributed by atoms with van der Waals surface area (Å²) in [6.07, 6.45) is 0.895. The van der Waals surface area contributed by atoms with E-state index in [1.54, 1.807) is 30.3 Å².